The van der Waals surface area contributed by atoms with E-state index in [9.17, 15) is 4.79 Å². The summed E-state index contributed by atoms with van der Waals surface area (Å²) in [6, 6.07) is 7.41. The van der Waals surface area contributed by atoms with E-state index in [0.717, 1.165) is 12.0 Å². The fourth-order valence-corrected chi connectivity index (χ4v) is 2.46. The van der Waals surface area contributed by atoms with Crippen LogP contribution in [0.15, 0.2) is 36.5 Å². The molecular weight excluding hydrogens is 292 g/mol. The number of benzene rings is 1. The van der Waals surface area contributed by atoms with Crippen LogP contribution >= 0.6 is 0 Å². The number of nitrogens with zero attached hydrogens (tertiary/aromatic N) is 1. The SMILES string of the molecule is CCOc1cc2c(cc1Oc1ccnc(NC(C)=O)c1)C=CC2. The molecule has 1 aromatic carbocycles. The summed E-state index contributed by atoms with van der Waals surface area (Å²) in [5.41, 5.74) is 2.37. The first-order valence-corrected chi connectivity index (χ1v) is 7.53. The van der Waals surface area contributed by atoms with Crippen molar-refractivity contribution in [1.29, 1.82) is 0 Å². The molecule has 0 aliphatic heterocycles. The van der Waals surface area contributed by atoms with Gasteiger partial charge in [0.15, 0.2) is 11.5 Å². The average Bonchev–Trinajstić information content (AvgIpc) is 2.94. The Labute approximate surface area is 135 Å². The zero-order valence-electron chi connectivity index (χ0n) is 13.1. The third-order valence-corrected chi connectivity index (χ3v) is 3.40. The molecule has 0 saturated heterocycles. The summed E-state index contributed by atoms with van der Waals surface area (Å²) in [6.07, 6.45) is 6.70. The molecule has 0 spiro atoms. The summed E-state index contributed by atoms with van der Waals surface area (Å²) >= 11 is 0. The highest BCUT2D eigenvalue weighted by Gasteiger charge is 2.14. The number of ether oxygens (including phenoxy) is 2. The van der Waals surface area contributed by atoms with E-state index >= 15 is 0 Å². The maximum atomic E-state index is 11.1. The second-order valence-electron chi connectivity index (χ2n) is 5.20. The van der Waals surface area contributed by atoms with E-state index in [4.69, 9.17) is 9.47 Å². The predicted octanol–water partition coefficient (Wildman–Crippen LogP) is 3.80. The molecule has 0 saturated carbocycles. The van der Waals surface area contributed by atoms with Crippen molar-refractivity contribution in [3.05, 3.63) is 47.7 Å². The van der Waals surface area contributed by atoms with Crippen molar-refractivity contribution in [2.45, 2.75) is 20.3 Å². The number of pyridine rings is 1. The molecular formula is C18H18N2O3. The van der Waals surface area contributed by atoms with Crippen molar-refractivity contribution in [3.63, 3.8) is 0 Å². The summed E-state index contributed by atoms with van der Waals surface area (Å²) < 4.78 is 11.7. The lowest BCUT2D eigenvalue weighted by atomic mass is 10.1. The number of amides is 1. The number of rotatable bonds is 5. The number of carbonyl (C=O) groups excluding carboxylic acids is 1. The Balaban J connectivity index is 1.89. The molecule has 3 rings (SSSR count). The van der Waals surface area contributed by atoms with Gasteiger partial charge >= 0.3 is 0 Å². The molecule has 0 radical (unpaired) electrons. The van der Waals surface area contributed by atoms with Crippen molar-refractivity contribution in [2.24, 2.45) is 0 Å². The van der Waals surface area contributed by atoms with Crippen molar-refractivity contribution in [3.8, 4) is 17.2 Å². The Morgan fingerprint density at radius 3 is 2.96 bits per heavy atom. The van der Waals surface area contributed by atoms with E-state index in [0.29, 0.717) is 29.7 Å². The molecule has 2 aromatic rings. The predicted molar refractivity (Wildman–Crippen MR) is 89.0 cm³/mol. The molecule has 1 heterocycles. The van der Waals surface area contributed by atoms with Crippen LogP contribution < -0.4 is 14.8 Å². The minimum Gasteiger partial charge on any atom is -0.490 e. The smallest absolute Gasteiger partial charge is 0.222 e. The molecule has 23 heavy (non-hydrogen) atoms. The highest BCUT2D eigenvalue weighted by Crippen LogP contribution is 2.37. The quantitative estimate of drug-likeness (QED) is 0.912. The van der Waals surface area contributed by atoms with Gasteiger partial charge in [-0.05, 0) is 42.7 Å². The Kier molecular flexibility index (Phi) is 4.28. The summed E-state index contributed by atoms with van der Waals surface area (Å²) in [7, 11) is 0. The largest absolute Gasteiger partial charge is 0.490 e. The summed E-state index contributed by atoms with van der Waals surface area (Å²) in [4.78, 5) is 15.2. The highest BCUT2D eigenvalue weighted by molar-refractivity contribution is 5.87. The number of carbonyl (C=O) groups is 1. The van der Waals surface area contributed by atoms with Gasteiger partial charge in [-0.3, -0.25) is 4.79 Å². The lowest BCUT2D eigenvalue weighted by Gasteiger charge is -2.14. The van der Waals surface area contributed by atoms with Crippen molar-refractivity contribution >= 4 is 17.8 Å². The summed E-state index contributed by atoms with van der Waals surface area (Å²) in [6.45, 7) is 3.95. The molecule has 5 nitrogen and oxygen atoms in total. The fourth-order valence-electron chi connectivity index (χ4n) is 2.46. The van der Waals surface area contributed by atoms with Crippen LogP contribution in [-0.4, -0.2) is 17.5 Å². The van der Waals surface area contributed by atoms with E-state index < -0.39 is 0 Å². The molecule has 0 atom stereocenters. The number of fused-ring (bicyclic) bond motifs is 1. The van der Waals surface area contributed by atoms with Crippen LogP contribution in [0.25, 0.3) is 6.08 Å². The third kappa shape index (κ3) is 3.51. The van der Waals surface area contributed by atoms with Gasteiger partial charge in [0.05, 0.1) is 6.61 Å². The van der Waals surface area contributed by atoms with Gasteiger partial charge in [0.25, 0.3) is 0 Å². The number of anilines is 1. The lowest BCUT2D eigenvalue weighted by Crippen LogP contribution is -2.07. The topological polar surface area (TPSA) is 60.5 Å². The number of hydrogen-bond acceptors (Lipinski definition) is 4. The minimum atomic E-state index is -0.174. The fraction of sp³-hybridized carbons (Fsp3) is 0.222. The van der Waals surface area contributed by atoms with Gasteiger partial charge in [-0.1, -0.05) is 12.2 Å². The molecule has 0 fully saturated rings. The van der Waals surface area contributed by atoms with Gasteiger partial charge in [0, 0.05) is 19.2 Å². The zero-order valence-corrected chi connectivity index (χ0v) is 13.1. The van der Waals surface area contributed by atoms with Gasteiger partial charge < -0.3 is 14.8 Å². The zero-order chi connectivity index (χ0) is 16.2. The van der Waals surface area contributed by atoms with Crippen LogP contribution in [-0.2, 0) is 11.2 Å². The normalized spacial score (nSPS) is 11.9. The third-order valence-electron chi connectivity index (χ3n) is 3.40. The molecule has 1 N–H and O–H groups in total. The van der Waals surface area contributed by atoms with Crippen LogP contribution in [0.5, 0.6) is 17.2 Å². The van der Waals surface area contributed by atoms with Crippen molar-refractivity contribution in [1.82, 2.24) is 4.98 Å². The monoisotopic (exact) mass is 310 g/mol. The Morgan fingerprint density at radius 2 is 2.17 bits per heavy atom. The van der Waals surface area contributed by atoms with E-state index in [1.54, 1.807) is 18.3 Å². The second-order valence-corrected chi connectivity index (χ2v) is 5.20. The Bertz CT molecular complexity index is 769. The van der Waals surface area contributed by atoms with E-state index in [1.807, 2.05) is 19.1 Å². The van der Waals surface area contributed by atoms with Crippen LogP contribution in [0.2, 0.25) is 0 Å². The second kappa shape index (κ2) is 6.52. The summed E-state index contributed by atoms with van der Waals surface area (Å²) in [5, 5.41) is 2.64. The average molecular weight is 310 g/mol. The highest BCUT2D eigenvalue weighted by atomic mass is 16.5. The molecule has 5 heteroatoms. The Hall–Kier alpha value is -2.82. The van der Waals surface area contributed by atoms with Crippen LogP contribution in [0, 0.1) is 0 Å². The first kappa shape index (κ1) is 15.1. The van der Waals surface area contributed by atoms with Gasteiger partial charge in [0.1, 0.15) is 11.6 Å². The number of aromatic nitrogens is 1. The minimum absolute atomic E-state index is 0.174. The number of allylic oxidation sites excluding steroid dienone is 1. The molecule has 1 aromatic heterocycles. The molecule has 1 aliphatic rings. The van der Waals surface area contributed by atoms with Gasteiger partial charge in [0.2, 0.25) is 5.91 Å². The maximum absolute atomic E-state index is 11.1. The van der Waals surface area contributed by atoms with Crippen LogP contribution in [0.4, 0.5) is 5.82 Å². The lowest BCUT2D eigenvalue weighted by molar-refractivity contribution is -0.114. The van der Waals surface area contributed by atoms with E-state index in [1.165, 1.54) is 12.5 Å². The van der Waals surface area contributed by atoms with Crippen LogP contribution in [0.3, 0.4) is 0 Å². The van der Waals surface area contributed by atoms with Crippen molar-refractivity contribution < 1.29 is 14.3 Å². The first-order valence-electron chi connectivity index (χ1n) is 7.53. The molecule has 0 bridgehead atoms. The molecule has 1 aliphatic carbocycles. The standard InChI is InChI=1S/C18H18N2O3/c1-3-22-16-9-13-5-4-6-14(13)10-17(16)23-15-7-8-19-18(11-15)20-12(2)21/h4,6-11H,3,5H2,1-2H3,(H,19,20,21). The molecule has 0 unspecified atom stereocenters. The number of hydrogen-bond donors (Lipinski definition) is 1. The van der Waals surface area contributed by atoms with Gasteiger partial charge in [-0.15, -0.1) is 0 Å². The van der Waals surface area contributed by atoms with Gasteiger partial charge in [-0.2, -0.15) is 0 Å². The Morgan fingerprint density at radius 1 is 1.30 bits per heavy atom. The first-order chi connectivity index (χ1) is 11.2. The van der Waals surface area contributed by atoms with Crippen molar-refractivity contribution in [2.75, 3.05) is 11.9 Å². The van der Waals surface area contributed by atoms with E-state index in [-0.39, 0.29) is 5.91 Å². The van der Waals surface area contributed by atoms with Gasteiger partial charge in [-0.25, -0.2) is 4.98 Å². The molecule has 118 valence electrons. The number of nitrogens with one attached hydrogen (secondary N) is 1. The summed E-state index contributed by atoms with van der Waals surface area (Å²) in [5.74, 6) is 2.23. The van der Waals surface area contributed by atoms with E-state index in [2.05, 4.69) is 22.5 Å². The maximum Gasteiger partial charge on any atom is 0.222 e. The molecule has 1 amide bonds. The van der Waals surface area contributed by atoms with Crippen LogP contribution in [0.1, 0.15) is 25.0 Å².